The van der Waals surface area contributed by atoms with Crippen LogP contribution in [0.5, 0.6) is 0 Å². The van der Waals surface area contributed by atoms with Crippen molar-refractivity contribution in [3.05, 3.63) is 95.6 Å². The van der Waals surface area contributed by atoms with Crippen LogP contribution in [0.1, 0.15) is 16.7 Å². The van der Waals surface area contributed by atoms with Crippen molar-refractivity contribution in [1.82, 2.24) is 10.2 Å². The smallest absolute Gasteiger partial charge is 0.264 e. The van der Waals surface area contributed by atoms with Gasteiger partial charge in [-0.05, 0) is 54.8 Å². The average Bonchev–Trinajstić information content (AvgIpc) is 3.31. The predicted molar refractivity (Wildman–Crippen MR) is 141 cm³/mol. The molecule has 1 heterocycles. The van der Waals surface area contributed by atoms with E-state index in [9.17, 15) is 13.2 Å². The maximum atomic E-state index is 13.5. The highest BCUT2D eigenvalue weighted by Gasteiger charge is 2.27. The first kappa shape index (κ1) is 24.9. The van der Waals surface area contributed by atoms with E-state index in [4.69, 9.17) is 0 Å². The van der Waals surface area contributed by atoms with Gasteiger partial charge in [-0.2, -0.15) is 0 Å². The number of rotatable bonds is 9. The number of benzene rings is 3. The van der Waals surface area contributed by atoms with Gasteiger partial charge < -0.3 is 0 Å². The third-order valence-electron chi connectivity index (χ3n) is 5.25. The van der Waals surface area contributed by atoms with Gasteiger partial charge in [0.1, 0.15) is 6.54 Å². The first-order valence-electron chi connectivity index (χ1n) is 10.8. The van der Waals surface area contributed by atoms with E-state index in [1.54, 1.807) is 30.3 Å². The van der Waals surface area contributed by atoms with Crippen LogP contribution in [0.3, 0.4) is 0 Å². The Morgan fingerprint density at radius 1 is 0.943 bits per heavy atom. The summed E-state index contributed by atoms with van der Waals surface area (Å²) in [5, 5.41) is 11.2. The SMILES string of the molecule is Cc1ccc(N(CC(=O)Nc2nnc(SCc3ccccc3)s2)S(=O)(=O)c2ccccc2)cc1C. The van der Waals surface area contributed by atoms with Crippen LogP contribution in [0.15, 0.2) is 88.1 Å². The highest BCUT2D eigenvalue weighted by atomic mass is 32.2. The molecule has 0 saturated heterocycles. The summed E-state index contributed by atoms with van der Waals surface area (Å²) in [7, 11) is -3.97. The molecule has 1 N–H and O–H groups in total. The summed E-state index contributed by atoms with van der Waals surface area (Å²) in [6.07, 6.45) is 0. The van der Waals surface area contributed by atoms with Crippen molar-refractivity contribution in [3.8, 4) is 0 Å². The maximum absolute atomic E-state index is 13.5. The standard InChI is InChI=1S/C25H24N4O3S3/c1-18-13-14-21(15-19(18)2)29(35(31,32)22-11-7-4-8-12-22)16-23(30)26-24-27-28-25(34-24)33-17-20-9-5-3-6-10-20/h3-15H,16-17H2,1-2H3,(H,26,27,30). The van der Waals surface area contributed by atoms with E-state index in [-0.39, 0.29) is 4.90 Å². The van der Waals surface area contributed by atoms with Crippen LogP contribution in [0.4, 0.5) is 10.8 Å². The largest absolute Gasteiger partial charge is 0.299 e. The van der Waals surface area contributed by atoms with Gasteiger partial charge in [0.2, 0.25) is 11.0 Å². The molecule has 7 nitrogen and oxygen atoms in total. The van der Waals surface area contributed by atoms with Crippen molar-refractivity contribution in [2.24, 2.45) is 0 Å². The van der Waals surface area contributed by atoms with Crippen LogP contribution >= 0.6 is 23.1 Å². The molecule has 4 rings (SSSR count). The number of nitrogens with one attached hydrogen (secondary N) is 1. The zero-order valence-corrected chi connectivity index (χ0v) is 21.7. The molecule has 0 fully saturated rings. The molecule has 3 aromatic carbocycles. The van der Waals surface area contributed by atoms with E-state index in [0.717, 1.165) is 26.7 Å². The summed E-state index contributed by atoms with van der Waals surface area (Å²) in [5.74, 6) is 0.234. The molecule has 0 unspecified atom stereocenters. The second-order valence-electron chi connectivity index (χ2n) is 7.79. The molecule has 4 aromatic rings. The van der Waals surface area contributed by atoms with Crippen molar-refractivity contribution in [3.63, 3.8) is 0 Å². The summed E-state index contributed by atoms with van der Waals surface area (Å²) in [5.41, 5.74) is 3.54. The van der Waals surface area contributed by atoms with Gasteiger partial charge in [-0.1, -0.05) is 77.7 Å². The number of hydrogen-bond donors (Lipinski definition) is 1. The van der Waals surface area contributed by atoms with Gasteiger partial charge in [-0.25, -0.2) is 8.42 Å². The van der Waals surface area contributed by atoms with E-state index in [0.29, 0.717) is 15.2 Å². The number of aryl methyl sites for hydroxylation is 2. The molecule has 0 bridgehead atoms. The maximum Gasteiger partial charge on any atom is 0.264 e. The summed E-state index contributed by atoms with van der Waals surface area (Å²) in [6, 6.07) is 23.4. The molecule has 0 radical (unpaired) electrons. The molecule has 0 aliphatic rings. The molecule has 10 heteroatoms. The number of anilines is 2. The van der Waals surface area contributed by atoms with Crippen molar-refractivity contribution >= 4 is 49.8 Å². The van der Waals surface area contributed by atoms with Gasteiger partial charge in [0.15, 0.2) is 4.34 Å². The van der Waals surface area contributed by atoms with Gasteiger partial charge in [0.05, 0.1) is 10.6 Å². The van der Waals surface area contributed by atoms with Crippen LogP contribution in [0.25, 0.3) is 0 Å². The van der Waals surface area contributed by atoms with Gasteiger partial charge in [-0.3, -0.25) is 14.4 Å². The molecular weight excluding hydrogens is 501 g/mol. The first-order chi connectivity index (χ1) is 16.8. The lowest BCUT2D eigenvalue weighted by atomic mass is 10.1. The average molecular weight is 525 g/mol. The lowest BCUT2D eigenvalue weighted by Crippen LogP contribution is -2.38. The summed E-state index contributed by atoms with van der Waals surface area (Å²) in [6.45, 7) is 3.46. The fourth-order valence-corrected chi connectivity index (χ4v) is 6.40. The van der Waals surface area contributed by atoms with E-state index < -0.39 is 22.5 Å². The Morgan fingerprint density at radius 3 is 2.31 bits per heavy atom. The van der Waals surface area contributed by atoms with Crippen molar-refractivity contribution in [2.45, 2.75) is 28.8 Å². The minimum Gasteiger partial charge on any atom is -0.299 e. The number of amides is 1. The number of carbonyl (C=O) groups is 1. The van der Waals surface area contributed by atoms with Crippen LogP contribution in [0.2, 0.25) is 0 Å². The summed E-state index contributed by atoms with van der Waals surface area (Å²) in [4.78, 5) is 13.0. The molecule has 0 aliphatic carbocycles. The number of sulfonamides is 1. The number of nitrogens with zero attached hydrogens (tertiary/aromatic N) is 3. The van der Waals surface area contributed by atoms with Gasteiger partial charge in [0.25, 0.3) is 10.0 Å². The highest BCUT2D eigenvalue weighted by molar-refractivity contribution is 8.00. The Balaban J connectivity index is 1.51. The zero-order chi connectivity index (χ0) is 24.8. The molecule has 0 atom stereocenters. The molecular formula is C25H24N4O3S3. The molecule has 180 valence electrons. The number of aromatic nitrogens is 2. The van der Waals surface area contributed by atoms with Crippen LogP contribution in [0, 0.1) is 13.8 Å². The fourth-order valence-electron chi connectivity index (χ4n) is 3.24. The number of hydrogen-bond acceptors (Lipinski definition) is 7. The topological polar surface area (TPSA) is 92.3 Å². The Hall–Kier alpha value is -3.21. The van der Waals surface area contributed by atoms with E-state index in [1.807, 2.05) is 50.2 Å². The fraction of sp³-hybridized carbons (Fsp3) is 0.160. The van der Waals surface area contributed by atoms with Crippen molar-refractivity contribution in [1.29, 1.82) is 0 Å². The van der Waals surface area contributed by atoms with E-state index >= 15 is 0 Å². The molecule has 1 amide bonds. The van der Waals surface area contributed by atoms with E-state index in [1.165, 1.54) is 35.2 Å². The van der Waals surface area contributed by atoms with Crippen LogP contribution in [-0.2, 0) is 20.6 Å². The van der Waals surface area contributed by atoms with Crippen LogP contribution < -0.4 is 9.62 Å². The van der Waals surface area contributed by atoms with Crippen molar-refractivity contribution in [2.75, 3.05) is 16.2 Å². The van der Waals surface area contributed by atoms with Gasteiger partial charge in [-0.15, -0.1) is 10.2 Å². The highest BCUT2D eigenvalue weighted by Crippen LogP contribution is 2.29. The third-order valence-corrected chi connectivity index (χ3v) is 9.09. The summed E-state index contributed by atoms with van der Waals surface area (Å²) < 4.78 is 28.8. The number of thioether (sulfide) groups is 1. The van der Waals surface area contributed by atoms with Gasteiger partial charge >= 0.3 is 0 Å². The third kappa shape index (κ3) is 6.27. The second-order valence-corrected chi connectivity index (χ2v) is 11.9. The Kier molecular flexibility index (Phi) is 7.84. The first-order valence-corrected chi connectivity index (χ1v) is 14.0. The minimum atomic E-state index is -3.97. The van der Waals surface area contributed by atoms with Crippen LogP contribution in [-0.4, -0.2) is 31.1 Å². The van der Waals surface area contributed by atoms with Gasteiger partial charge in [0, 0.05) is 5.75 Å². The molecule has 1 aromatic heterocycles. The summed E-state index contributed by atoms with van der Waals surface area (Å²) >= 11 is 2.78. The molecule has 0 aliphatic heterocycles. The minimum absolute atomic E-state index is 0.113. The Morgan fingerprint density at radius 2 is 1.63 bits per heavy atom. The lowest BCUT2D eigenvalue weighted by molar-refractivity contribution is -0.114. The second kappa shape index (κ2) is 11.0. The zero-order valence-electron chi connectivity index (χ0n) is 19.2. The molecule has 0 spiro atoms. The molecule has 35 heavy (non-hydrogen) atoms. The van der Waals surface area contributed by atoms with E-state index in [2.05, 4.69) is 15.5 Å². The monoisotopic (exact) mass is 524 g/mol. The Labute approximate surface area is 213 Å². The lowest BCUT2D eigenvalue weighted by Gasteiger charge is -2.24. The predicted octanol–water partition coefficient (Wildman–Crippen LogP) is 5.28. The quantitative estimate of drug-likeness (QED) is 0.237. The number of carbonyl (C=O) groups excluding carboxylic acids is 1. The van der Waals surface area contributed by atoms with Crippen molar-refractivity contribution < 1.29 is 13.2 Å². The normalized spacial score (nSPS) is 11.3. The molecule has 0 saturated carbocycles. The Bertz CT molecular complexity index is 1410.